The fraction of sp³-hybridized carbons (Fsp3) is 0. The molecule has 0 unspecified atom stereocenters. The van der Waals surface area contributed by atoms with Gasteiger partial charge in [-0.05, 0) is 36.4 Å². The first-order valence-electron chi connectivity index (χ1n) is 7.07. The maximum absolute atomic E-state index is 4.21. The van der Waals surface area contributed by atoms with Crippen LogP contribution in [0.25, 0.3) is 0 Å². The molecule has 0 aliphatic rings. The van der Waals surface area contributed by atoms with E-state index in [1.165, 1.54) is 15.9 Å². The van der Waals surface area contributed by atoms with E-state index >= 15 is 0 Å². The highest BCUT2D eigenvalue weighted by Gasteiger charge is 2.42. The van der Waals surface area contributed by atoms with Crippen molar-refractivity contribution in [1.82, 2.24) is 0 Å². The molecule has 3 aromatic rings. The van der Waals surface area contributed by atoms with Gasteiger partial charge in [-0.3, -0.25) is 0 Å². The molecular weight excluding hydrogens is 398 g/mol. The molecule has 0 radical (unpaired) electrons. The standard InChI is InChI=1S/C20H18P.HI/c1-2-21(18-12-6-3-7-13-18,19-14-8-4-9-15-19)20-16-10-5-11-17-20;/h2-17H,1H2;1H/q+1;/p-1. The Kier molecular flexibility index (Phi) is 5.93. The van der Waals surface area contributed by atoms with Crippen molar-refractivity contribution >= 4 is 23.2 Å². The molecule has 0 saturated heterocycles. The second-order valence-electron chi connectivity index (χ2n) is 4.91. The van der Waals surface area contributed by atoms with Gasteiger partial charge in [-0.15, -0.1) is 0 Å². The van der Waals surface area contributed by atoms with E-state index in [0.717, 1.165) is 0 Å². The van der Waals surface area contributed by atoms with Crippen molar-refractivity contribution in [1.29, 1.82) is 0 Å². The molecule has 0 amide bonds. The summed E-state index contributed by atoms with van der Waals surface area (Å²) in [6.45, 7) is 4.21. The molecule has 3 aromatic carbocycles. The lowest BCUT2D eigenvalue weighted by atomic mass is 10.4. The lowest BCUT2D eigenvalue weighted by molar-refractivity contribution is -0.00000402. The van der Waals surface area contributed by atoms with Crippen molar-refractivity contribution in [3.63, 3.8) is 0 Å². The molecule has 0 heterocycles. The Balaban J connectivity index is 0.00000176. The lowest BCUT2D eigenvalue weighted by Gasteiger charge is -2.23. The zero-order valence-electron chi connectivity index (χ0n) is 12.3. The molecule has 0 spiro atoms. The van der Waals surface area contributed by atoms with Crippen molar-refractivity contribution in [2.45, 2.75) is 0 Å². The quantitative estimate of drug-likeness (QED) is 0.442. The maximum Gasteiger partial charge on any atom is 0.136 e. The summed E-state index contributed by atoms with van der Waals surface area (Å²) in [5.74, 6) is 2.16. The molecule has 0 nitrogen and oxygen atoms in total. The first kappa shape index (κ1) is 16.9. The van der Waals surface area contributed by atoms with Crippen LogP contribution in [-0.4, -0.2) is 0 Å². The van der Waals surface area contributed by atoms with Crippen molar-refractivity contribution in [2.75, 3.05) is 0 Å². The summed E-state index contributed by atoms with van der Waals surface area (Å²) in [6, 6.07) is 32.2. The van der Waals surface area contributed by atoms with Crippen LogP contribution in [0.5, 0.6) is 0 Å². The second-order valence-corrected chi connectivity index (χ2v) is 8.27. The Hall–Kier alpha value is -1.44. The summed E-state index contributed by atoms with van der Waals surface area (Å²) in [5, 5.41) is 4.03. The molecule has 0 aliphatic carbocycles. The van der Waals surface area contributed by atoms with E-state index in [9.17, 15) is 0 Å². The summed E-state index contributed by atoms with van der Waals surface area (Å²) in [7, 11) is -1.77. The molecule has 0 bridgehead atoms. The third kappa shape index (κ3) is 3.02. The molecule has 0 aliphatic heterocycles. The largest absolute Gasteiger partial charge is 1.00 e. The van der Waals surface area contributed by atoms with Crippen molar-refractivity contribution < 1.29 is 24.0 Å². The van der Waals surface area contributed by atoms with E-state index < -0.39 is 7.26 Å². The third-order valence-electron chi connectivity index (χ3n) is 3.76. The summed E-state index contributed by atoms with van der Waals surface area (Å²) < 4.78 is 0. The summed E-state index contributed by atoms with van der Waals surface area (Å²) >= 11 is 0. The summed E-state index contributed by atoms with van der Waals surface area (Å²) in [4.78, 5) is 0. The van der Waals surface area contributed by atoms with Gasteiger partial charge in [0.15, 0.2) is 0 Å². The molecule has 22 heavy (non-hydrogen) atoms. The van der Waals surface area contributed by atoms with E-state index in [4.69, 9.17) is 0 Å². The highest BCUT2D eigenvalue weighted by atomic mass is 127. The van der Waals surface area contributed by atoms with Gasteiger partial charge in [-0.1, -0.05) is 61.2 Å². The van der Waals surface area contributed by atoms with E-state index in [1.807, 2.05) is 0 Å². The Labute approximate surface area is 150 Å². The molecule has 0 saturated carbocycles. The van der Waals surface area contributed by atoms with Crippen LogP contribution in [0.3, 0.4) is 0 Å². The van der Waals surface area contributed by atoms with Gasteiger partial charge in [0.2, 0.25) is 0 Å². The Morgan fingerprint density at radius 3 is 1.05 bits per heavy atom. The lowest BCUT2D eigenvalue weighted by Crippen LogP contribution is -3.00. The molecule has 0 N–H and O–H groups in total. The fourth-order valence-corrected chi connectivity index (χ4v) is 6.21. The Bertz CT molecular complexity index is 612. The third-order valence-corrected chi connectivity index (χ3v) is 7.65. The Morgan fingerprint density at radius 2 is 0.818 bits per heavy atom. The number of halogens is 1. The van der Waals surface area contributed by atoms with Crippen LogP contribution in [-0.2, 0) is 0 Å². The van der Waals surface area contributed by atoms with Gasteiger partial charge < -0.3 is 24.0 Å². The molecule has 3 rings (SSSR count). The molecule has 0 aromatic heterocycles. The predicted octanol–water partition coefficient (Wildman–Crippen LogP) is 1.13. The molecular formula is C20H18IP. The van der Waals surface area contributed by atoms with Gasteiger partial charge in [0.25, 0.3) is 0 Å². The minimum atomic E-state index is -1.77. The van der Waals surface area contributed by atoms with Crippen LogP contribution in [0.1, 0.15) is 0 Å². The minimum absolute atomic E-state index is 0. The molecule has 110 valence electrons. The Morgan fingerprint density at radius 1 is 0.545 bits per heavy atom. The molecule has 0 atom stereocenters. The van der Waals surface area contributed by atoms with Crippen LogP contribution >= 0.6 is 7.26 Å². The van der Waals surface area contributed by atoms with E-state index in [-0.39, 0.29) is 24.0 Å². The smallest absolute Gasteiger partial charge is 0.136 e. The average Bonchev–Trinajstić information content (AvgIpc) is 2.59. The van der Waals surface area contributed by atoms with Crippen LogP contribution in [0.4, 0.5) is 0 Å². The van der Waals surface area contributed by atoms with Crippen LogP contribution < -0.4 is 39.9 Å². The van der Waals surface area contributed by atoms with Gasteiger partial charge in [-0.2, -0.15) is 0 Å². The van der Waals surface area contributed by atoms with Crippen LogP contribution in [0, 0.1) is 0 Å². The second kappa shape index (κ2) is 7.71. The maximum atomic E-state index is 4.21. The summed E-state index contributed by atoms with van der Waals surface area (Å²) in [6.07, 6.45) is 0. The average molecular weight is 416 g/mol. The zero-order chi connectivity index (χ0) is 14.5. The van der Waals surface area contributed by atoms with Gasteiger partial charge in [-0.25, -0.2) is 0 Å². The SMILES string of the molecule is C=C[P+](c1ccccc1)(c1ccccc1)c1ccccc1.[I-]. The predicted molar refractivity (Wildman–Crippen MR) is 95.3 cm³/mol. The van der Waals surface area contributed by atoms with Crippen LogP contribution in [0.15, 0.2) is 103 Å². The van der Waals surface area contributed by atoms with Crippen molar-refractivity contribution in [3.8, 4) is 0 Å². The van der Waals surface area contributed by atoms with Gasteiger partial charge in [0.05, 0.1) is 5.82 Å². The van der Waals surface area contributed by atoms with E-state index in [2.05, 4.69) is 103 Å². The first-order chi connectivity index (χ1) is 10.4. The fourth-order valence-electron chi connectivity index (χ4n) is 2.75. The minimum Gasteiger partial charge on any atom is -1.00 e. The highest BCUT2D eigenvalue weighted by molar-refractivity contribution is 7.98. The zero-order valence-corrected chi connectivity index (χ0v) is 15.3. The van der Waals surface area contributed by atoms with Crippen LogP contribution in [0.2, 0.25) is 0 Å². The number of hydrogen-bond acceptors (Lipinski definition) is 0. The van der Waals surface area contributed by atoms with Gasteiger partial charge in [0.1, 0.15) is 23.2 Å². The van der Waals surface area contributed by atoms with Gasteiger partial charge in [0, 0.05) is 0 Å². The number of rotatable bonds is 4. The summed E-state index contributed by atoms with van der Waals surface area (Å²) in [5.41, 5.74) is 0. The normalized spacial score (nSPS) is 10.5. The van der Waals surface area contributed by atoms with Crippen molar-refractivity contribution in [3.05, 3.63) is 103 Å². The number of hydrogen-bond donors (Lipinski definition) is 0. The van der Waals surface area contributed by atoms with Gasteiger partial charge >= 0.3 is 0 Å². The first-order valence-corrected chi connectivity index (χ1v) is 8.93. The molecule has 0 fully saturated rings. The molecule has 2 heteroatoms. The van der Waals surface area contributed by atoms with E-state index in [0.29, 0.717) is 0 Å². The van der Waals surface area contributed by atoms with Crippen molar-refractivity contribution in [2.24, 2.45) is 0 Å². The highest BCUT2D eigenvalue weighted by Crippen LogP contribution is 2.56. The topological polar surface area (TPSA) is 0 Å². The number of benzene rings is 3. The monoisotopic (exact) mass is 416 g/mol. The van der Waals surface area contributed by atoms with E-state index in [1.54, 1.807) is 0 Å².